The third-order valence-corrected chi connectivity index (χ3v) is 5.30. The van der Waals surface area contributed by atoms with Crippen LogP contribution in [0.3, 0.4) is 0 Å². The Hall–Kier alpha value is -0.260. The van der Waals surface area contributed by atoms with Crippen LogP contribution in [0.15, 0.2) is 11.1 Å². The summed E-state index contributed by atoms with van der Waals surface area (Å²) in [5, 5.41) is 0. The first-order chi connectivity index (χ1) is 7.36. The van der Waals surface area contributed by atoms with Gasteiger partial charge in [-0.1, -0.05) is 30.4 Å². The third-order valence-electron chi connectivity index (χ3n) is 5.30. The fraction of sp³-hybridized carbons (Fsp3) is 0.867. The molecule has 15 heavy (non-hydrogen) atoms. The molecule has 0 nitrogen and oxygen atoms in total. The first-order valence-electron chi connectivity index (χ1n) is 7.06. The van der Waals surface area contributed by atoms with Crippen LogP contribution in [-0.4, -0.2) is 0 Å². The van der Waals surface area contributed by atoms with Crippen molar-refractivity contribution in [3.8, 4) is 0 Å². The minimum Gasteiger partial charge on any atom is -0.0705 e. The van der Waals surface area contributed by atoms with E-state index in [9.17, 15) is 0 Å². The lowest BCUT2D eigenvalue weighted by Gasteiger charge is -2.43. The van der Waals surface area contributed by atoms with E-state index in [0.717, 1.165) is 17.8 Å². The van der Waals surface area contributed by atoms with Crippen LogP contribution in [0.4, 0.5) is 0 Å². The lowest BCUT2D eigenvalue weighted by Crippen LogP contribution is -2.31. The maximum Gasteiger partial charge on any atom is -0.0175 e. The van der Waals surface area contributed by atoms with Crippen molar-refractivity contribution in [2.75, 3.05) is 0 Å². The van der Waals surface area contributed by atoms with Crippen molar-refractivity contribution in [3.63, 3.8) is 0 Å². The number of rotatable bonds is 0. The van der Waals surface area contributed by atoms with Gasteiger partial charge in [0.1, 0.15) is 0 Å². The summed E-state index contributed by atoms with van der Waals surface area (Å²) in [6, 6.07) is 0. The molecule has 2 fully saturated rings. The minimum atomic E-state index is 1.00. The van der Waals surface area contributed by atoms with Crippen LogP contribution in [0.1, 0.15) is 64.7 Å². The summed E-state index contributed by atoms with van der Waals surface area (Å²) in [5.41, 5.74) is 3.75. The zero-order valence-corrected chi connectivity index (χ0v) is 10.1. The highest BCUT2D eigenvalue weighted by atomic mass is 14.4. The van der Waals surface area contributed by atoms with Gasteiger partial charge in [-0.3, -0.25) is 0 Å². The summed E-state index contributed by atoms with van der Waals surface area (Å²) < 4.78 is 0. The Morgan fingerprint density at radius 2 is 1.73 bits per heavy atom. The Bertz CT molecular complexity index is 274. The average molecular weight is 204 g/mol. The normalized spacial score (nSPS) is 41.0. The molecule has 3 unspecified atom stereocenters. The Morgan fingerprint density at radius 3 is 2.67 bits per heavy atom. The van der Waals surface area contributed by atoms with Crippen LogP contribution in [-0.2, 0) is 0 Å². The molecule has 84 valence electrons. The number of fused-ring (bicyclic) bond motifs is 2. The van der Waals surface area contributed by atoms with E-state index < -0.39 is 0 Å². The summed E-state index contributed by atoms with van der Waals surface area (Å²) in [7, 11) is 0. The van der Waals surface area contributed by atoms with Crippen LogP contribution >= 0.6 is 0 Å². The fourth-order valence-electron chi connectivity index (χ4n) is 4.53. The van der Waals surface area contributed by atoms with Gasteiger partial charge in [0.05, 0.1) is 0 Å². The van der Waals surface area contributed by atoms with E-state index in [4.69, 9.17) is 0 Å². The van der Waals surface area contributed by atoms with Crippen molar-refractivity contribution < 1.29 is 0 Å². The van der Waals surface area contributed by atoms with Gasteiger partial charge >= 0.3 is 0 Å². The standard InChI is InChI=1S/C15H24/c1-11-14-8-4-2-6-12(14)10-13-7-3-5-9-15(11)13/h12-14H,2-10H2,1H3. The van der Waals surface area contributed by atoms with E-state index in [-0.39, 0.29) is 0 Å². The van der Waals surface area contributed by atoms with Gasteiger partial charge in [0.2, 0.25) is 0 Å². The highest BCUT2D eigenvalue weighted by molar-refractivity contribution is 5.24. The monoisotopic (exact) mass is 204 g/mol. The van der Waals surface area contributed by atoms with Crippen LogP contribution in [0.2, 0.25) is 0 Å². The molecule has 0 aromatic rings. The molecule has 3 rings (SSSR count). The molecule has 3 aliphatic rings. The number of allylic oxidation sites excluding steroid dienone is 2. The number of hydrogen-bond acceptors (Lipinski definition) is 0. The average Bonchev–Trinajstić information content (AvgIpc) is 2.30. The van der Waals surface area contributed by atoms with Crippen LogP contribution in [0, 0.1) is 17.8 Å². The van der Waals surface area contributed by atoms with Gasteiger partial charge in [-0.05, 0) is 63.2 Å². The van der Waals surface area contributed by atoms with Crippen molar-refractivity contribution in [2.24, 2.45) is 17.8 Å². The third kappa shape index (κ3) is 1.66. The van der Waals surface area contributed by atoms with Crippen molar-refractivity contribution in [1.29, 1.82) is 0 Å². The summed E-state index contributed by atoms with van der Waals surface area (Å²) in [6.07, 6.45) is 13.5. The summed E-state index contributed by atoms with van der Waals surface area (Å²) in [5.74, 6) is 3.09. The lowest BCUT2D eigenvalue weighted by molar-refractivity contribution is 0.195. The van der Waals surface area contributed by atoms with Gasteiger partial charge in [0.25, 0.3) is 0 Å². The van der Waals surface area contributed by atoms with Gasteiger partial charge in [-0.2, -0.15) is 0 Å². The minimum absolute atomic E-state index is 1.00. The van der Waals surface area contributed by atoms with Gasteiger partial charge in [0, 0.05) is 0 Å². The Kier molecular flexibility index (Phi) is 2.62. The second-order valence-corrected chi connectivity index (χ2v) is 6.04. The molecular formula is C15H24. The molecule has 0 saturated heterocycles. The van der Waals surface area contributed by atoms with Crippen LogP contribution in [0.25, 0.3) is 0 Å². The molecule has 0 radical (unpaired) electrons. The smallest absolute Gasteiger partial charge is 0.0175 e. The summed E-state index contributed by atoms with van der Waals surface area (Å²) in [6.45, 7) is 2.47. The molecule has 0 spiro atoms. The Labute approximate surface area is 94.1 Å². The zero-order valence-electron chi connectivity index (χ0n) is 10.1. The van der Waals surface area contributed by atoms with Crippen molar-refractivity contribution in [2.45, 2.75) is 64.7 Å². The molecule has 0 heterocycles. The van der Waals surface area contributed by atoms with Gasteiger partial charge in [0.15, 0.2) is 0 Å². The van der Waals surface area contributed by atoms with Crippen LogP contribution in [0.5, 0.6) is 0 Å². The van der Waals surface area contributed by atoms with Crippen LogP contribution < -0.4 is 0 Å². The number of hydrogen-bond donors (Lipinski definition) is 0. The van der Waals surface area contributed by atoms with E-state index in [2.05, 4.69) is 6.92 Å². The van der Waals surface area contributed by atoms with E-state index >= 15 is 0 Å². The predicted octanol–water partition coefficient (Wildman–Crippen LogP) is 4.70. The topological polar surface area (TPSA) is 0 Å². The van der Waals surface area contributed by atoms with E-state index in [0.29, 0.717) is 0 Å². The summed E-state index contributed by atoms with van der Waals surface area (Å²) >= 11 is 0. The second kappa shape index (κ2) is 3.96. The second-order valence-electron chi connectivity index (χ2n) is 6.04. The molecule has 3 atom stereocenters. The molecule has 0 N–H and O–H groups in total. The van der Waals surface area contributed by atoms with Crippen molar-refractivity contribution in [3.05, 3.63) is 11.1 Å². The lowest BCUT2D eigenvalue weighted by atomic mass is 9.62. The predicted molar refractivity (Wildman–Crippen MR) is 64.7 cm³/mol. The molecule has 0 amide bonds. The SMILES string of the molecule is CC1=C2CCCCC2CC2CCCCC12. The summed E-state index contributed by atoms with van der Waals surface area (Å²) in [4.78, 5) is 0. The Morgan fingerprint density at radius 1 is 0.933 bits per heavy atom. The zero-order chi connectivity index (χ0) is 10.3. The van der Waals surface area contributed by atoms with Crippen molar-refractivity contribution in [1.82, 2.24) is 0 Å². The highest BCUT2D eigenvalue weighted by Gasteiger charge is 2.36. The van der Waals surface area contributed by atoms with E-state index in [1.165, 1.54) is 51.4 Å². The molecule has 0 heteroatoms. The quantitative estimate of drug-likeness (QED) is 0.502. The van der Waals surface area contributed by atoms with Crippen molar-refractivity contribution >= 4 is 0 Å². The molecule has 3 aliphatic carbocycles. The highest BCUT2D eigenvalue weighted by Crippen LogP contribution is 2.49. The van der Waals surface area contributed by atoms with E-state index in [1.54, 1.807) is 6.42 Å². The van der Waals surface area contributed by atoms with Gasteiger partial charge < -0.3 is 0 Å². The fourth-order valence-corrected chi connectivity index (χ4v) is 4.53. The molecule has 2 saturated carbocycles. The maximum absolute atomic E-state index is 2.47. The maximum atomic E-state index is 2.47. The first-order valence-corrected chi connectivity index (χ1v) is 7.06. The largest absolute Gasteiger partial charge is 0.0705 e. The van der Waals surface area contributed by atoms with Gasteiger partial charge in [-0.25, -0.2) is 0 Å². The van der Waals surface area contributed by atoms with Gasteiger partial charge in [-0.15, -0.1) is 0 Å². The molecule has 0 aromatic carbocycles. The molecule has 0 bridgehead atoms. The molecule has 0 aromatic heterocycles. The molecular weight excluding hydrogens is 180 g/mol. The first kappa shape index (κ1) is 9.93. The van der Waals surface area contributed by atoms with E-state index in [1.807, 2.05) is 11.1 Å². The molecule has 0 aliphatic heterocycles. The Balaban J connectivity index is 1.89.